The zero-order valence-corrected chi connectivity index (χ0v) is 20.2. The number of aromatic nitrogens is 5. The first-order valence-corrected chi connectivity index (χ1v) is 11.2. The van der Waals surface area contributed by atoms with Crippen molar-refractivity contribution in [1.82, 2.24) is 30.2 Å². The molecule has 0 saturated heterocycles. The van der Waals surface area contributed by atoms with Gasteiger partial charge in [-0.1, -0.05) is 6.07 Å². The molecular weight excluding hydrogens is 434 g/mol. The van der Waals surface area contributed by atoms with E-state index in [-0.39, 0.29) is 11.9 Å². The van der Waals surface area contributed by atoms with E-state index in [1.807, 2.05) is 58.9 Å². The lowest BCUT2D eigenvalue weighted by Crippen LogP contribution is -2.37. The van der Waals surface area contributed by atoms with Gasteiger partial charge < -0.3 is 20.0 Å². The Balaban J connectivity index is 1.79. The number of hydrogen-bond acceptors (Lipinski definition) is 6. The van der Waals surface area contributed by atoms with E-state index < -0.39 is 11.7 Å². The molecule has 0 aliphatic heterocycles. The van der Waals surface area contributed by atoms with Crippen LogP contribution in [0.15, 0.2) is 30.6 Å². The molecule has 2 amide bonds. The monoisotopic (exact) mass is 463 g/mol. The van der Waals surface area contributed by atoms with Crippen molar-refractivity contribution in [3.05, 3.63) is 36.3 Å². The lowest BCUT2D eigenvalue weighted by atomic mass is 10.1. The molecule has 0 fully saturated rings. The molecule has 0 aromatic carbocycles. The Morgan fingerprint density at radius 2 is 2.00 bits per heavy atom. The molecular formula is C24H29N7O3. The number of imidazole rings is 1. The minimum absolute atomic E-state index is 0.117. The number of carbonyl (C=O) groups is 2. The fourth-order valence-corrected chi connectivity index (χ4v) is 3.78. The van der Waals surface area contributed by atoms with Crippen molar-refractivity contribution in [2.45, 2.75) is 53.2 Å². The summed E-state index contributed by atoms with van der Waals surface area (Å²) in [5, 5.41) is 3.65. The van der Waals surface area contributed by atoms with Crippen LogP contribution in [0.1, 0.15) is 53.3 Å². The molecule has 0 spiro atoms. The summed E-state index contributed by atoms with van der Waals surface area (Å²) in [5.41, 5.74) is 3.48. The zero-order valence-electron chi connectivity index (χ0n) is 20.2. The molecule has 34 heavy (non-hydrogen) atoms. The number of aromatic amines is 2. The van der Waals surface area contributed by atoms with Crippen LogP contribution in [0.25, 0.3) is 33.5 Å². The van der Waals surface area contributed by atoms with E-state index in [0.29, 0.717) is 34.7 Å². The standard InChI is InChI=1S/C24H29N7O3/c1-7-31(23(33)34-24(4,5)6)22-20-19(25-12-26-20)15-11-18(29-21(15)30-22)17-10-8-9-16(28-17)13(2)27-14(3)32/h8-13H,7H2,1-6H3,(H,25,26)(H,27,32)(H,29,30). The maximum atomic E-state index is 12.9. The first kappa shape index (κ1) is 23.2. The highest BCUT2D eigenvalue weighted by atomic mass is 16.6. The van der Waals surface area contributed by atoms with Crippen molar-refractivity contribution in [2.75, 3.05) is 11.4 Å². The number of ether oxygens (including phenoxy) is 1. The van der Waals surface area contributed by atoms with Gasteiger partial charge in [-0.05, 0) is 52.8 Å². The predicted molar refractivity (Wildman–Crippen MR) is 130 cm³/mol. The van der Waals surface area contributed by atoms with Crippen LogP contribution in [-0.4, -0.2) is 49.1 Å². The second-order valence-corrected chi connectivity index (χ2v) is 9.10. The molecule has 1 atom stereocenters. The summed E-state index contributed by atoms with van der Waals surface area (Å²) in [7, 11) is 0. The normalized spacial score (nSPS) is 12.6. The first-order chi connectivity index (χ1) is 16.1. The summed E-state index contributed by atoms with van der Waals surface area (Å²) in [6.07, 6.45) is 1.10. The van der Waals surface area contributed by atoms with Crippen molar-refractivity contribution in [2.24, 2.45) is 0 Å². The van der Waals surface area contributed by atoms with Crippen molar-refractivity contribution in [3.8, 4) is 11.4 Å². The Labute approximate surface area is 197 Å². The van der Waals surface area contributed by atoms with Crippen molar-refractivity contribution in [3.63, 3.8) is 0 Å². The first-order valence-electron chi connectivity index (χ1n) is 11.2. The Kier molecular flexibility index (Phi) is 5.99. The maximum Gasteiger partial charge on any atom is 0.416 e. The molecule has 0 saturated carbocycles. The van der Waals surface area contributed by atoms with Gasteiger partial charge >= 0.3 is 6.09 Å². The molecule has 10 heteroatoms. The number of hydrogen-bond donors (Lipinski definition) is 3. The Bertz CT molecular complexity index is 1370. The molecule has 4 aromatic heterocycles. The van der Waals surface area contributed by atoms with Crippen molar-refractivity contribution in [1.29, 1.82) is 0 Å². The zero-order chi connectivity index (χ0) is 24.6. The number of rotatable bonds is 5. The topological polar surface area (TPSA) is 129 Å². The lowest BCUT2D eigenvalue weighted by molar-refractivity contribution is -0.119. The summed E-state index contributed by atoms with van der Waals surface area (Å²) in [6, 6.07) is 7.36. The maximum absolute atomic E-state index is 12.9. The summed E-state index contributed by atoms with van der Waals surface area (Å²) in [5.74, 6) is 0.319. The fourth-order valence-electron chi connectivity index (χ4n) is 3.78. The average Bonchev–Trinajstić information content (AvgIpc) is 3.39. The molecule has 178 valence electrons. The highest BCUT2D eigenvalue weighted by Gasteiger charge is 2.26. The SMILES string of the molecule is CCN(C(=O)OC(C)(C)C)c1nc2[nH]c(-c3cccc(C(C)NC(C)=O)n3)cc2c2nc[nH]c12. The van der Waals surface area contributed by atoms with E-state index in [1.54, 1.807) is 6.33 Å². The van der Waals surface area contributed by atoms with Crippen LogP contribution in [-0.2, 0) is 9.53 Å². The summed E-state index contributed by atoms with van der Waals surface area (Å²) >= 11 is 0. The highest BCUT2D eigenvalue weighted by molar-refractivity contribution is 6.09. The Morgan fingerprint density at radius 1 is 1.24 bits per heavy atom. The Morgan fingerprint density at radius 3 is 2.68 bits per heavy atom. The molecule has 4 aromatic rings. The number of anilines is 1. The van der Waals surface area contributed by atoms with Gasteiger partial charge in [0, 0.05) is 18.9 Å². The molecule has 3 N–H and O–H groups in total. The van der Waals surface area contributed by atoms with Crippen LogP contribution in [0.2, 0.25) is 0 Å². The third-order valence-electron chi connectivity index (χ3n) is 5.23. The highest BCUT2D eigenvalue weighted by Crippen LogP contribution is 2.32. The molecule has 4 heterocycles. The van der Waals surface area contributed by atoms with E-state index >= 15 is 0 Å². The van der Waals surface area contributed by atoms with Crippen LogP contribution >= 0.6 is 0 Å². The number of nitrogens with zero attached hydrogens (tertiary/aromatic N) is 4. The van der Waals surface area contributed by atoms with Gasteiger partial charge in [-0.3, -0.25) is 9.69 Å². The van der Waals surface area contributed by atoms with Gasteiger partial charge in [0.2, 0.25) is 5.91 Å². The van der Waals surface area contributed by atoms with E-state index in [1.165, 1.54) is 11.8 Å². The van der Waals surface area contributed by atoms with Crippen LogP contribution in [0.3, 0.4) is 0 Å². The molecule has 10 nitrogen and oxygen atoms in total. The number of fused-ring (bicyclic) bond motifs is 3. The second-order valence-electron chi connectivity index (χ2n) is 9.10. The van der Waals surface area contributed by atoms with Gasteiger partial charge in [-0.15, -0.1) is 0 Å². The minimum Gasteiger partial charge on any atom is -0.443 e. The largest absolute Gasteiger partial charge is 0.443 e. The number of H-pyrrole nitrogens is 2. The number of pyridine rings is 2. The molecule has 1 unspecified atom stereocenters. The van der Waals surface area contributed by atoms with Crippen LogP contribution in [0, 0.1) is 0 Å². The van der Waals surface area contributed by atoms with Gasteiger partial charge in [-0.2, -0.15) is 0 Å². The van der Waals surface area contributed by atoms with Gasteiger partial charge in [0.05, 0.1) is 29.5 Å². The number of nitrogens with one attached hydrogen (secondary N) is 3. The van der Waals surface area contributed by atoms with E-state index in [2.05, 4.69) is 20.3 Å². The molecule has 4 rings (SSSR count). The van der Waals surface area contributed by atoms with E-state index in [0.717, 1.165) is 16.8 Å². The van der Waals surface area contributed by atoms with Gasteiger partial charge in [0.25, 0.3) is 0 Å². The van der Waals surface area contributed by atoms with Gasteiger partial charge in [0.1, 0.15) is 22.3 Å². The molecule has 0 bridgehead atoms. The van der Waals surface area contributed by atoms with Crippen molar-refractivity contribution < 1.29 is 14.3 Å². The molecule has 0 aliphatic rings. The minimum atomic E-state index is -0.633. The van der Waals surface area contributed by atoms with Crippen LogP contribution in [0.5, 0.6) is 0 Å². The number of amides is 2. The lowest BCUT2D eigenvalue weighted by Gasteiger charge is -2.26. The summed E-state index contributed by atoms with van der Waals surface area (Å²) in [4.78, 5) is 46.2. The van der Waals surface area contributed by atoms with E-state index in [4.69, 9.17) is 14.7 Å². The van der Waals surface area contributed by atoms with Gasteiger partial charge in [0.15, 0.2) is 5.82 Å². The summed E-state index contributed by atoms with van der Waals surface area (Å²) < 4.78 is 5.58. The smallest absolute Gasteiger partial charge is 0.416 e. The molecule has 0 radical (unpaired) electrons. The fraction of sp³-hybridized carbons (Fsp3) is 0.375. The quantitative estimate of drug-likeness (QED) is 0.401. The van der Waals surface area contributed by atoms with Crippen LogP contribution in [0.4, 0.5) is 10.6 Å². The average molecular weight is 464 g/mol. The summed E-state index contributed by atoms with van der Waals surface area (Å²) in [6.45, 7) is 11.1. The van der Waals surface area contributed by atoms with Crippen molar-refractivity contribution >= 4 is 39.9 Å². The Hall–Kier alpha value is -3.95. The predicted octanol–water partition coefficient (Wildman–Crippen LogP) is 4.46. The third-order valence-corrected chi connectivity index (χ3v) is 5.23. The number of carbonyl (C=O) groups excluding carboxylic acids is 2. The second kappa shape index (κ2) is 8.77. The van der Waals surface area contributed by atoms with E-state index in [9.17, 15) is 9.59 Å². The molecule has 0 aliphatic carbocycles. The van der Waals surface area contributed by atoms with Gasteiger partial charge in [-0.25, -0.2) is 19.7 Å². The van der Waals surface area contributed by atoms with Crippen LogP contribution < -0.4 is 10.2 Å². The third kappa shape index (κ3) is 4.57.